The lowest BCUT2D eigenvalue weighted by molar-refractivity contribution is -0.135. The molecule has 9 nitrogen and oxygen atoms in total. The highest BCUT2D eigenvalue weighted by atomic mass is 16.4. The Morgan fingerprint density at radius 3 is 2.12 bits per heavy atom. The van der Waals surface area contributed by atoms with E-state index < -0.39 is 58.5 Å². The summed E-state index contributed by atoms with van der Waals surface area (Å²) in [4.78, 5) is 70.9. The number of allylic oxidation sites excluding steroid dienone is 4. The van der Waals surface area contributed by atoms with Gasteiger partial charge in [0.25, 0.3) is 0 Å². The number of hydrogen-bond donors (Lipinski definition) is 3. The van der Waals surface area contributed by atoms with E-state index in [4.69, 9.17) is 0 Å². The Labute approximate surface area is 286 Å². The van der Waals surface area contributed by atoms with Crippen LogP contribution in [0.1, 0.15) is 45.8 Å². The van der Waals surface area contributed by atoms with E-state index in [0.717, 1.165) is 22.6 Å². The molecule has 0 radical (unpaired) electrons. The number of carbonyl (C=O) groups excluding carboxylic acids is 4. The number of fused-ring (bicyclic) bond motifs is 4. The Morgan fingerprint density at radius 2 is 1.46 bits per heavy atom. The van der Waals surface area contributed by atoms with Gasteiger partial charge in [-0.1, -0.05) is 84.4 Å². The highest BCUT2D eigenvalue weighted by Gasteiger charge is 2.66. The molecule has 3 aliphatic carbocycles. The second-order valence-corrected chi connectivity index (χ2v) is 13.4. The number of hydrogen-bond acceptors (Lipinski definition) is 7. The quantitative estimate of drug-likeness (QED) is 0.178. The maximum absolute atomic E-state index is 15.0. The third-order valence-electron chi connectivity index (χ3n) is 11.1. The van der Waals surface area contributed by atoms with Gasteiger partial charge >= 0.3 is 5.97 Å². The lowest BCUT2D eigenvalue weighted by atomic mass is 9.44. The summed E-state index contributed by atoms with van der Waals surface area (Å²) in [5.74, 6) is -7.21. The van der Waals surface area contributed by atoms with Gasteiger partial charge in [-0.15, -0.1) is 0 Å². The van der Waals surface area contributed by atoms with Crippen LogP contribution in [-0.4, -0.2) is 44.7 Å². The Hall–Kier alpha value is -6.09. The molecule has 3 N–H and O–H groups in total. The number of amides is 2. The first-order valence-corrected chi connectivity index (χ1v) is 16.5. The van der Waals surface area contributed by atoms with Crippen molar-refractivity contribution in [1.82, 2.24) is 0 Å². The third-order valence-corrected chi connectivity index (χ3v) is 11.1. The third kappa shape index (κ3) is 4.42. The van der Waals surface area contributed by atoms with Gasteiger partial charge < -0.3 is 15.3 Å². The Bertz CT molecular complexity index is 2170. The highest BCUT2D eigenvalue weighted by molar-refractivity contribution is 6.32. The van der Waals surface area contributed by atoms with E-state index in [1.807, 2.05) is 42.5 Å². The van der Waals surface area contributed by atoms with Crippen molar-refractivity contribution in [2.75, 3.05) is 4.90 Å². The predicted octanol–water partition coefficient (Wildman–Crippen LogP) is 5.83. The second kappa shape index (κ2) is 11.5. The van der Waals surface area contributed by atoms with E-state index >= 15 is 0 Å². The highest BCUT2D eigenvalue weighted by Crippen LogP contribution is 2.63. The maximum atomic E-state index is 15.0. The molecule has 9 heteroatoms. The van der Waals surface area contributed by atoms with E-state index in [-0.39, 0.29) is 41.4 Å². The van der Waals surface area contributed by atoms with Crippen LogP contribution < -0.4 is 4.90 Å². The number of carbonyl (C=O) groups is 5. The standard InChI is InChI=1S/C41H31NO8/c43-26-14-11-23(12-15-26)36-27-17-18-29-35(39(48)42(38(29)47)25-13-16-28(40(49)50)33(44)19-25)31(27)20-32-37(46)30(22-7-3-1-4-8-22)21-34(45)41(32,36)24-9-5-2-6-10-24/h1-17,19,21,29,31-32,35-36,43-44H,18,20H2,(H,49,50)/t29-,31+,32-,35-,36-,41-/m0/s1. The van der Waals surface area contributed by atoms with Crippen LogP contribution in [0, 0.1) is 23.7 Å². The molecule has 4 aromatic carbocycles. The number of nitrogens with zero attached hydrogens (tertiary/aromatic N) is 1. The molecular weight excluding hydrogens is 634 g/mol. The number of benzene rings is 4. The molecule has 1 aliphatic heterocycles. The summed E-state index contributed by atoms with van der Waals surface area (Å²) >= 11 is 0. The summed E-state index contributed by atoms with van der Waals surface area (Å²) in [6, 6.07) is 28.4. The maximum Gasteiger partial charge on any atom is 0.339 e. The molecule has 0 bridgehead atoms. The molecule has 1 heterocycles. The van der Waals surface area contributed by atoms with E-state index in [1.54, 1.807) is 48.5 Å². The molecule has 248 valence electrons. The number of anilines is 1. The molecule has 4 aliphatic rings. The Balaban J connectivity index is 1.32. The van der Waals surface area contributed by atoms with E-state index in [0.29, 0.717) is 22.3 Å². The number of imide groups is 1. The number of phenols is 2. The molecule has 0 unspecified atom stereocenters. The van der Waals surface area contributed by atoms with Crippen molar-refractivity contribution >= 4 is 40.6 Å². The van der Waals surface area contributed by atoms with Crippen LogP contribution >= 0.6 is 0 Å². The van der Waals surface area contributed by atoms with Gasteiger partial charge in [-0.3, -0.25) is 19.2 Å². The lowest BCUT2D eigenvalue weighted by Crippen LogP contribution is -2.58. The van der Waals surface area contributed by atoms with Crippen molar-refractivity contribution in [3.05, 3.63) is 143 Å². The summed E-state index contributed by atoms with van der Waals surface area (Å²) in [6.07, 6.45) is 3.73. The van der Waals surface area contributed by atoms with Gasteiger partial charge in [0.05, 0.1) is 22.9 Å². The van der Waals surface area contributed by atoms with Crippen LogP contribution in [-0.2, 0) is 24.6 Å². The van der Waals surface area contributed by atoms with Gasteiger partial charge in [0.2, 0.25) is 11.8 Å². The second-order valence-electron chi connectivity index (χ2n) is 13.4. The number of aromatic hydroxyl groups is 2. The number of phenolic OH excluding ortho intramolecular Hbond substituents is 1. The van der Waals surface area contributed by atoms with Gasteiger partial charge in [-0.2, -0.15) is 0 Å². The smallest absolute Gasteiger partial charge is 0.339 e. The fourth-order valence-electron chi connectivity index (χ4n) is 9.01. The fraction of sp³-hybridized carbons (Fsp3) is 0.195. The summed E-state index contributed by atoms with van der Waals surface area (Å²) in [5.41, 5.74) is 1.34. The SMILES string of the molecule is O=C(O)c1ccc(N2C(=O)[C@H]3[C@H](CC=C4[C@H]3C[C@H]3C(=O)C(c5ccccc5)=CC(=O)[C@@]3(c3ccccc3)[C@H]4c3ccc(O)cc3)C2=O)cc1O. The summed E-state index contributed by atoms with van der Waals surface area (Å²) < 4.78 is 0. The molecule has 0 spiro atoms. The van der Waals surface area contributed by atoms with Crippen LogP contribution in [0.4, 0.5) is 5.69 Å². The summed E-state index contributed by atoms with van der Waals surface area (Å²) in [5, 5.41) is 30.1. The lowest BCUT2D eigenvalue weighted by Gasteiger charge is -2.55. The molecule has 1 saturated carbocycles. The molecule has 2 fully saturated rings. The van der Waals surface area contributed by atoms with E-state index in [9.17, 15) is 39.3 Å². The zero-order valence-corrected chi connectivity index (χ0v) is 26.6. The summed E-state index contributed by atoms with van der Waals surface area (Å²) in [6.45, 7) is 0. The normalized spacial score (nSPS) is 27.2. The number of rotatable bonds is 5. The van der Waals surface area contributed by atoms with Crippen LogP contribution in [0.15, 0.2) is 121 Å². The topological polar surface area (TPSA) is 149 Å². The van der Waals surface area contributed by atoms with Crippen molar-refractivity contribution in [2.24, 2.45) is 23.7 Å². The molecule has 50 heavy (non-hydrogen) atoms. The minimum absolute atomic E-state index is 0.0331. The monoisotopic (exact) mass is 665 g/mol. The zero-order valence-electron chi connectivity index (χ0n) is 26.6. The van der Waals surface area contributed by atoms with E-state index in [1.165, 1.54) is 12.1 Å². The molecule has 8 rings (SSSR count). The van der Waals surface area contributed by atoms with Crippen molar-refractivity contribution < 1.29 is 39.3 Å². The zero-order chi connectivity index (χ0) is 34.9. The van der Waals surface area contributed by atoms with E-state index in [2.05, 4.69) is 0 Å². The number of Topliss-reactive ketones (excluding diaryl/α,β-unsaturated/α-hetero) is 1. The molecule has 4 aromatic rings. The van der Waals surface area contributed by atoms with Gasteiger partial charge in [-0.05, 0) is 65.8 Å². The predicted molar refractivity (Wildman–Crippen MR) is 182 cm³/mol. The van der Waals surface area contributed by atoms with Crippen LogP contribution in [0.2, 0.25) is 0 Å². The average molecular weight is 666 g/mol. The van der Waals surface area contributed by atoms with Gasteiger partial charge in [0.15, 0.2) is 11.6 Å². The van der Waals surface area contributed by atoms with Crippen LogP contribution in [0.5, 0.6) is 11.5 Å². The van der Waals surface area contributed by atoms with Crippen molar-refractivity contribution in [3.63, 3.8) is 0 Å². The van der Waals surface area contributed by atoms with Crippen molar-refractivity contribution in [2.45, 2.75) is 24.2 Å². The van der Waals surface area contributed by atoms with Crippen molar-refractivity contribution in [1.29, 1.82) is 0 Å². The molecular formula is C41H31NO8. The van der Waals surface area contributed by atoms with Crippen molar-refractivity contribution in [3.8, 4) is 11.5 Å². The molecule has 2 amide bonds. The van der Waals surface area contributed by atoms with Crippen LogP contribution in [0.3, 0.4) is 0 Å². The largest absolute Gasteiger partial charge is 0.508 e. The average Bonchev–Trinajstić information content (AvgIpc) is 3.38. The summed E-state index contributed by atoms with van der Waals surface area (Å²) in [7, 11) is 0. The number of carboxylic acids is 1. The van der Waals surface area contributed by atoms with Gasteiger partial charge in [0, 0.05) is 23.5 Å². The first kappa shape index (κ1) is 31.2. The molecule has 1 saturated heterocycles. The molecule has 6 atom stereocenters. The molecule has 0 aromatic heterocycles. The van der Waals surface area contributed by atoms with Gasteiger partial charge in [-0.25, -0.2) is 9.69 Å². The first-order chi connectivity index (χ1) is 24.1. The Morgan fingerprint density at radius 1 is 0.780 bits per heavy atom. The fourth-order valence-corrected chi connectivity index (χ4v) is 9.01. The van der Waals surface area contributed by atoms with Crippen LogP contribution in [0.25, 0.3) is 5.57 Å². The number of carboxylic acid groups (broad SMARTS) is 1. The minimum Gasteiger partial charge on any atom is -0.508 e. The number of ketones is 2. The van der Waals surface area contributed by atoms with Gasteiger partial charge in [0.1, 0.15) is 17.1 Å². The first-order valence-electron chi connectivity index (χ1n) is 16.5. The number of aromatic carboxylic acids is 1. The Kier molecular flexibility index (Phi) is 7.18. The minimum atomic E-state index is -1.38.